The number of methoxy groups -OCH3 is 1. The first kappa shape index (κ1) is 21.3. The first-order valence-corrected chi connectivity index (χ1v) is 10.3. The molecular weight excluding hydrogens is 408 g/mol. The summed E-state index contributed by atoms with van der Waals surface area (Å²) < 4.78 is 11.0. The molecule has 8 heteroatoms. The lowest BCUT2D eigenvalue weighted by Crippen LogP contribution is -2.22. The van der Waals surface area contributed by atoms with Crippen LogP contribution in [0.4, 0.5) is 5.82 Å². The van der Waals surface area contributed by atoms with E-state index in [-0.39, 0.29) is 17.6 Å². The van der Waals surface area contributed by atoms with Gasteiger partial charge < -0.3 is 14.5 Å². The lowest BCUT2D eigenvalue weighted by Gasteiger charge is -2.13. The Morgan fingerprint density at radius 2 is 1.88 bits per heavy atom. The van der Waals surface area contributed by atoms with Gasteiger partial charge in [-0.25, -0.2) is 10.4 Å². The fraction of sp³-hybridized carbons (Fsp3) is 0.250. The fourth-order valence-electron chi connectivity index (χ4n) is 3.70. The summed E-state index contributed by atoms with van der Waals surface area (Å²) in [5.74, 6) is 1.38. The molecular formula is C24H24N4O4. The first-order chi connectivity index (χ1) is 15.5. The maximum absolute atomic E-state index is 12.8. The van der Waals surface area contributed by atoms with Crippen LogP contribution in [0.3, 0.4) is 0 Å². The number of aryl methyl sites for hydroxylation is 2. The fourth-order valence-corrected chi connectivity index (χ4v) is 3.70. The Bertz CT molecular complexity index is 1200. The van der Waals surface area contributed by atoms with Crippen molar-refractivity contribution in [1.29, 1.82) is 0 Å². The largest absolute Gasteiger partial charge is 0.497 e. The number of hydrogen-bond donors (Lipinski definition) is 2. The van der Waals surface area contributed by atoms with Crippen molar-refractivity contribution in [3.8, 4) is 5.75 Å². The topological polar surface area (TPSA) is 106 Å². The van der Waals surface area contributed by atoms with Crippen LogP contribution in [0.5, 0.6) is 5.75 Å². The minimum atomic E-state index is -0.364. The average Bonchev–Trinajstić information content (AvgIpc) is 3.15. The van der Waals surface area contributed by atoms with E-state index < -0.39 is 0 Å². The van der Waals surface area contributed by atoms with Crippen molar-refractivity contribution in [2.75, 3.05) is 12.4 Å². The molecule has 0 spiro atoms. The molecule has 0 atom stereocenters. The predicted octanol–water partition coefficient (Wildman–Crippen LogP) is 4.02. The van der Waals surface area contributed by atoms with Gasteiger partial charge in [0.25, 0.3) is 11.8 Å². The molecule has 1 aliphatic rings. The number of benzene rings is 1. The highest BCUT2D eigenvalue weighted by molar-refractivity contribution is 6.09. The van der Waals surface area contributed by atoms with Crippen molar-refractivity contribution in [2.45, 2.75) is 33.1 Å². The van der Waals surface area contributed by atoms with E-state index in [0.29, 0.717) is 47.0 Å². The highest BCUT2D eigenvalue weighted by atomic mass is 16.5. The Morgan fingerprint density at radius 3 is 2.59 bits per heavy atom. The van der Waals surface area contributed by atoms with Crippen LogP contribution in [-0.2, 0) is 6.42 Å². The van der Waals surface area contributed by atoms with Gasteiger partial charge in [-0.05, 0) is 68.7 Å². The van der Waals surface area contributed by atoms with Crippen molar-refractivity contribution in [2.24, 2.45) is 5.10 Å². The van der Waals surface area contributed by atoms with E-state index in [1.165, 1.54) is 0 Å². The summed E-state index contributed by atoms with van der Waals surface area (Å²) >= 11 is 0. The van der Waals surface area contributed by atoms with E-state index in [0.717, 1.165) is 17.5 Å². The second kappa shape index (κ2) is 9.05. The summed E-state index contributed by atoms with van der Waals surface area (Å²) in [6, 6.07) is 10.4. The lowest BCUT2D eigenvalue weighted by molar-refractivity contribution is 0.0953. The summed E-state index contributed by atoms with van der Waals surface area (Å²) in [6.45, 7) is 3.75. The standard InChI is InChI=1S/C24H24N4O4/c1-14-11-12-25-20(13-14)26-24(30)22-15(2)21-18(5-4-6-19(21)32-22)27-28-23(29)16-7-9-17(31-3)10-8-16/h7-13H,4-6H2,1-3H3,(H,28,29)(H,25,26,30)/b27-18+. The highest BCUT2D eigenvalue weighted by Crippen LogP contribution is 2.30. The highest BCUT2D eigenvalue weighted by Gasteiger charge is 2.28. The normalized spacial score (nSPS) is 14.0. The van der Waals surface area contributed by atoms with Gasteiger partial charge in [0.2, 0.25) is 0 Å². The van der Waals surface area contributed by atoms with Crippen LogP contribution < -0.4 is 15.5 Å². The molecule has 0 saturated heterocycles. The van der Waals surface area contributed by atoms with Crippen LogP contribution in [-0.4, -0.2) is 29.6 Å². The maximum Gasteiger partial charge on any atom is 0.292 e. The number of furan rings is 1. The number of nitrogens with one attached hydrogen (secondary N) is 2. The van der Waals surface area contributed by atoms with E-state index in [2.05, 4.69) is 20.8 Å². The number of nitrogens with zero attached hydrogens (tertiary/aromatic N) is 2. The molecule has 1 aliphatic carbocycles. The molecule has 2 N–H and O–H groups in total. The third kappa shape index (κ3) is 4.39. The minimum absolute atomic E-state index is 0.231. The Kier molecular flexibility index (Phi) is 6.02. The van der Waals surface area contributed by atoms with Gasteiger partial charge in [0.1, 0.15) is 17.3 Å². The van der Waals surface area contributed by atoms with Crippen LogP contribution in [0.15, 0.2) is 52.1 Å². The molecule has 2 heterocycles. The summed E-state index contributed by atoms with van der Waals surface area (Å²) in [6.07, 6.45) is 3.84. The van der Waals surface area contributed by atoms with Gasteiger partial charge in [-0.15, -0.1) is 0 Å². The van der Waals surface area contributed by atoms with E-state index in [1.807, 2.05) is 19.9 Å². The van der Waals surface area contributed by atoms with Crippen molar-refractivity contribution in [3.63, 3.8) is 0 Å². The Labute approximate surface area is 185 Å². The second-order valence-corrected chi connectivity index (χ2v) is 7.61. The lowest BCUT2D eigenvalue weighted by atomic mass is 9.93. The number of hydrogen-bond acceptors (Lipinski definition) is 6. The summed E-state index contributed by atoms with van der Waals surface area (Å²) in [7, 11) is 1.57. The molecule has 164 valence electrons. The molecule has 2 aromatic heterocycles. The summed E-state index contributed by atoms with van der Waals surface area (Å²) in [4.78, 5) is 29.5. The smallest absolute Gasteiger partial charge is 0.292 e. The zero-order valence-corrected chi connectivity index (χ0v) is 18.2. The average molecular weight is 432 g/mol. The molecule has 4 rings (SSSR count). The molecule has 0 radical (unpaired) electrons. The number of rotatable bonds is 5. The molecule has 0 aliphatic heterocycles. The van der Waals surface area contributed by atoms with E-state index in [1.54, 1.807) is 43.6 Å². The number of ether oxygens (including phenoxy) is 1. The van der Waals surface area contributed by atoms with Crippen LogP contribution in [0.2, 0.25) is 0 Å². The number of hydrazone groups is 1. The van der Waals surface area contributed by atoms with Gasteiger partial charge in [-0.1, -0.05) is 0 Å². The van der Waals surface area contributed by atoms with Crippen molar-refractivity contribution >= 4 is 23.3 Å². The monoisotopic (exact) mass is 432 g/mol. The molecule has 1 aromatic carbocycles. The Morgan fingerprint density at radius 1 is 1.09 bits per heavy atom. The first-order valence-electron chi connectivity index (χ1n) is 10.3. The second-order valence-electron chi connectivity index (χ2n) is 7.61. The summed E-state index contributed by atoms with van der Waals surface area (Å²) in [5.41, 5.74) is 6.26. The maximum atomic E-state index is 12.8. The molecule has 3 aromatic rings. The molecule has 0 bridgehead atoms. The van der Waals surface area contributed by atoms with Gasteiger partial charge in [0.15, 0.2) is 5.76 Å². The van der Waals surface area contributed by atoms with Gasteiger partial charge in [0, 0.05) is 29.3 Å². The zero-order valence-electron chi connectivity index (χ0n) is 18.2. The van der Waals surface area contributed by atoms with Crippen molar-refractivity contribution < 1.29 is 18.7 Å². The third-order valence-electron chi connectivity index (χ3n) is 5.33. The SMILES string of the molecule is COc1ccc(C(=O)N/N=C2\CCCc3oc(C(=O)Nc4cc(C)ccn4)c(C)c32)cc1. The molecule has 2 amide bonds. The minimum Gasteiger partial charge on any atom is -0.497 e. The van der Waals surface area contributed by atoms with Crippen molar-refractivity contribution in [1.82, 2.24) is 10.4 Å². The number of pyridine rings is 1. The Hall–Kier alpha value is -3.94. The molecule has 0 fully saturated rings. The number of anilines is 1. The number of fused-ring (bicyclic) bond motifs is 1. The van der Waals surface area contributed by atoms with Crippen LogP contribution in [0.1, 0.15) is 56.2 Å². The van der Waals surface area contributed by atoms with Gasteiger partial charge >= 0.3 is 0 Å². The molecule has 32 heavy (non-hydrogen) atoms. The molecule has 8 nitrogen and oxygen atoms in total. The van der Waals surface area contributed by atoms with E-state index in [9.17, 15) is 9.59 Å². The van der Waals surface area contributed by atoms with E-state index in [4.69, 9.17) is 9.15 Å². The van der Waals surface area contributed by atoms with Crippen LogP contribution >= 0.6 is 0 Å². The Balaban J connectivity index is 1.54. The number of carbonyl (C=O) groups is 2. The quantitative estimate of drug-likeness (QED) is 0.592. The van der Waals surface area contributed by atoms with Gasteiger partial charge in [0.05, 0.1) is 12.8 Å². The zero-order chi connectivity index (χ0) is 22.7. The molecule has 0 saturated carbocycles. The third-order valence-corrected chi connectivity index (χ3v) is 5.33. The number of carbonyl (C=O) groups excluding carboxylic acids is 2. The molecule has 0 unspecified atom stereocenters. The van der Waals surface area contributed by atoms with Crippen molar-refractivity contribution in [3.05, 3.63) is 76.4 Å². The summed E-state index contributed by atoms with van der Waals surface area (Å²) in [5, 5.41) is 7.14. The van der Waals surface area contributed by atoms with E-state index >= 15 is 0 Å². The van der Waals surface area contributed by atoms with Crippen LogP contribution in [0, 0.1) is 13.8 Å². The van der Waals surface area contributed by atoms with Crippen LogP contribution in [0.25, 0.3) is 0 Å². The van der Waals surface area contributed by atoms with Gasteiger partial charge in [-0.2, -0.15) is 5.10 Å². The number of aromatic nitrogens is 1. The predicted molar refractivity (Wildman–Crippen MR) is 120 cm³/mol. The number of amides is 2. The van der Waals surface area contributed by atoms with Gasteiger partial charge in [-0.3, -0.25) is 9.59 Å².